The second-order valence-corrected chi connectivity index (χ2v) is 8.41. The number of fused-ring (bicyclic) bond motifs is 5. The molecule has 3 atom stereocenters. The average molecular weight is 307 g/mol. The van der Waals surface area contributed by atoms with E-state index < -0.39 is 0 Å². The van der Waals surface area contributed by atoms with E-state index in [4.69, 9.17) is 9.73 Å². The normalized spacial score (nSPS) is 31.8. The second-order valence-electron chi connectivity index (χ2n) is 8.41. The van der Waals surface area contributed by atoms with Gasteiger partial charge in [-0.15, -0.1) is 0 Å². The summed E-state index contributed by atoms with van der Waals surface area (Å²) in [6, 6.07) is 11.2. The van der Waals surface area contributed by atoms with E-state index in [-0.39, 0.29) is 22.5 Å². The first-order valence-electron chi connectivity index (χ1n) is 8.40. The van der Waals surface area contributed by atoms with Gasteiger partial charge in [0.1, 0.15) is 0 Å². The van der Waals surface area contributed by atoms with E-state index in [1.54, 1.807) is 7.11 Å². The number of hydrogen-bond donors (Lipinski definition) is 0. The van der Waals surface area contributed by atoms with Crippen LogP contribution in [0.3, 0.4) is 0 Å². The van der Waals surface area contributed by atoms with Crippen LogP contribution in [-0.4, -0.2) is 25.0 Å². The number of hydrogen-bond acceptors (Lipinski definition) is 2. The zero-order chi connectivity index (χ0) is 16.6. The molecule has 0 N–H and O–H groups in total. The predicted octanol–water partition coefficient (Wildman–Crippen LogP) is 4.61. The fourth-order valence-electron chi connectivity index (χ4n) is 4.69. The van der Waals surface area contributed by atoms with Crippen LogP contribution < -0.4 is 0 Å². The number of benzene rings is 2. The number of nitrogens with zero attached hydrogens (tertiary/aromatic N) is 1. The van der Waals surface area contributed by atoms with Crippen LogP contribution in [0.5, 0.6) is 0 Å². The lowest BCUT2D eigenvalue weighted by molar-refractivity contribution is 0.154. The molecule has 2 aromatic carbocycles. The van der Waals surface area contributed by atoms with Crippen LogP contribution in [0.4, 0.5) is 0 Å². The molecule has 3 unspecified atom stereocenters. The van der Waals surface area contributed by atoms with E-state index >= 15 is 0 Å². The smallest absolute Gasteiger partial charge is 0.0969 e. The van der Waals surface area contributed by atoms with E-state index in [1.807, 2.05) is 0 Å². The Labute approximate surface area is 138 Å². The third-order valence-electron chi connectivity index (χ3n) is 6.11. The largest absolute Gasteiger partial charge is 0.378 e. The minimum absolute atomic E-state index is 0.0398. The van der Waals surface area contributed by atoms with Gasteiger partial charge in [0.25, 0.3) is 0 Å². The van der Waals surface area contributed by atoms with E-state index in [1.165, 1.54) is 27.5 Å². The summed E-state index contributed by atoms with van der Waals surface area (Å²) in [5.74, 6) is 0. The van der Waals surface area contributed by atoms with Crippen LogP contribution >= 0.6 is 0 Å². The number of ether oxygens (including phenoxy) is 1. The van der Waals surface area contributed by atoms with Crippen molar-refractivity contribution in [1.29, 1.82) is 0 Å². The predicted molar refractivity (Wildman–Crippen MR) is 96.8 cm³/mol. The summed E-state index contributed by atoms with van der Waals surface area (Å²) in [6.07, 6.45) is 2.22. The molecular formula is C21H25NO. The quantitative estimate of drug-likeness (QED) is 0.753. The third-order valence-corrected chi connectivity index (χ3v) is 6.11. The Hall–Kier alpha value is -1.67. The van der Waals surface area contributed by atoms with E-state index in [9.17, 15) is 0 Å². The highest BCUT2D eigenvalue weighted by atomic mass is 16.5. The van der Waals surface area contributed by atoms with Gasteiger partial charge < -0.3 is 4.74 Å². The lowest BCUT2D eigenvalue weighted by Crippen LogP contribution is -2.24. The molecule has 0 amide bonds. The maximum absolute atomic E-state index is 5.80. The molecule has 1 fully saturated rings. The van der Waals surface area contributed by atoms with Crippen LogP contribution in [0.15, 0.2) is 35.3 Å². The van der Waals surface area contributed by atoms with Gasteiger partial charge in [-0.25, -0.2) is 0 Å². The molecule has 120 valence electrons. The van der Waals surface area contributed by atoms with Crippen molar-refractivity contribution in [1.82, 2.24) is 0 Å². The van der Waals surface area contributed by atoms with Gasteiger partial charge in [0.05, 0.1) is 11.6 Å². The monoisotopic (exact) mass is 307 g/mol. The Kier molecular flexibility index (Phi) is 2.75. The molecule has 2 heteroatoms. The Morgan fingerprint density at radius 2 is 1.74 bits per heavy atom. The van der Waals surface area contributed by atoms with Crippen molar-refractivity contribution >= 4 is 17.0 Å². The first-order chi connectivity index (χ1) is 10.7. The van der Waals surface area contributed by atoms with Crippen molar-refractivity contribution in [3.8, 4) is 0 Å². The average Bonchev–Trinajstić information content (AvgIpc) is 3.01. The highest BCUT2D eigenvalue weighted by molar-refractivity contribution is 6.00. The minimum Gasteiger partial charge on any atom is -0.378 e. The molecule has 1 aliphatic carbocycles. The van der Waals surface area contributed by atoms with Crippen LogP contribution in [0.1, 0.15) is 51.3 Å². The van der Waals surface area contributed by atoms with Gasteiger partial charge in [-0.2, -0.15) is 0 Å². The van der Waals surface area contributed by atoms with Gasteiger partial charge in [0.15, 0.2) is 0 Å². The van der Waals surface area contributed by atoms with Gasteiger partial charge in [-0.1, -0.05) is 52.0 Å². The van der Waals surface area contributed by atoms with Crippen molar-refractivity contribution in [3.63, 3.8) is 0 Å². The van der Waals surface area contributed by atoms with Crippen LogP contribution in [0.25, 0.3) is 10.8 Å². The number of aliphatic imine (C=N–C) groups is 1. The molecule has 23 heavy (non-hydrogen) atoms. The molecular weight excluding hydrogens is 282 g/mol. The third kappa shape index (κ3) is 1.65. The highest BCUT2D eigenvalue weighted by Crippen LogP contribution is 2.64. The van der Waals surface area contributed by atoms with Crippen molar-refractivity contribution in [2.75, 3.05) is 7.11 Å². The molecule has 2 aromatic rings. The number of rotatable bonds is 1. The molecule has 0 saturated heterocycles. The van der Waals surface area contributed by atoms with Crippen LogP contribution in [0, 0.1) is 0 Å². The summed E-state index contributed by atoms with van der Waals surface area (Å²) >= 11 is 0. The van der Waals surface area contributed by atoms with E-state index in [0.717, 1.165) is 0 Å². The van der Waals surface area contributed by atoms with E-state index in [2.05, 4.69) is 71.2 Å². The molecule has 2 aliphatic rings. The van der Waals surface area contributed by atoms with E-state index in [0.29, 0.717) is 0 Å². The molecule has 2 nitrogen and oxygen atoms in total. The van der Waals surface area contributed by atoms with Crippen molar-refractivity contribution in [2.45, 2.75) is 57.1 Å². The van der Waals surface area contributed by atoms with Crippen molar-refractivity contribution in [2.24, 2.45) is 4.99 Å². The summed E-state index contributed by atoms with van der Waals surface area (Å²) in [5, 5.41) is 2.72. The first kappa shape index (κ1) is 14.9. The molecule has 0 radical (unpaired) electrons. The Morgan fingerprint density at radius 3 is 2.35 bits per heavy atom. The summed E-state index contributed by atoms with van der Waals surface area (Å²) in [6.45, 7) is 11.4. The topological polar surface area (TPSA) is 21.6 Å². The minimum atomic E-state index is -0.138. The summed E-state index contributed by atoms with van der Waals surface area (Å²) < 4.78 is 5.80. The SMILES string of the molecule is COC1C2(C)N=Cc3cc(C(C)(C)C)c4ccccc4c3C12C. The number of methoxy groups -OCH3 is 1. The molecule has 0 bridgehead atoms. The van der Waals surface area contributed by atoms with Gasteiger partial charge in [0, 0.05) is 18.7 Å². The molecule has 4 rings (SSSR count). The Morgan fingerprint density at radius 1 is 1.09 bits per heavy atom. The highest BCUT2D eigenvalue weighted by Gasteiger charge is 2.75. The summed E-state index contributed by atoms with van der Waals surface area (Å²) in [7, 11) is 1.81. The standard InChI is InChI=1S/C21H25NO/c1-19(2,3)16-11-13-12-22-21(5)18(23-6)20(21,4)17(13)15-10-8-7-9-14(15)16/h7-12,18H,1-6H3. The van der Waals surface area contributed by atoms with Crippen molar-refractivity contribution < 1.29 is 4.74 Å². The van der Waals surface area contributed by atoms with Crippen LogP contribution in [-0.2, 0) is 15.6 Å². The summed E-state index contributed by atoms with van der Waals surface area (Å²) in [5.41, 5.74) is 3.98. The Balaban J connectivity index is 2.10. The van der Waals surface area contributed by atoms with Gasteiger partial charge in [0.2, 0.25) is 0 Å². The van der Waals surface area contributed by atoms with Crippen molar-refractivity contribution in [3.05, 3.63) is 47.0 Å². The fourth-order valence-corrected chi connectivity index (χ4v) is 4.69. The molecule has 1 saturated carbocycles. The van der Waals surface area contributed by atoms with Crippen LogP contribution in [0.2, 0.25) is 0 Å². The lowest BCUT2D eigenvalue weighted by atomic mass is 9.77. The second kappa shape index (κ2) is 4.24. The first-order valence-corrected chi connectivity index (χ1v) is 8.40. The molecule has 0 spiro atoms. The molecule has 1 aliphatic heterocycles. The zero-order valence-electron chi connectivity index (χ0n) is 14.9. The fraction of sp³-hybridized carbons (Fsp3) is 0.476. The lowest BCUT2D eigenvalue weighted by Gasteiger charge is -2.28. The van der Waals surface area contributed by atoms with Gasteiger partial charge in [-0.3, -0.25) is 4.99 Å². The van der Waals surface area contributed by atoms with Gasteiger partial charge in [-0.05, 0) is 45.9 Å². The maximum atomic E-state index is 5.80. The molecule has 1 heterocycles. The maximum Gasteiger partial charge on any atom is 0.0969 e. The molecule has 0 aromatic heterocycles. The Bertz CT molecular complexity index is 845. The zero-order valence-corrected chi connectivity index (χ0v) is 14.9. The van der Waals surface area contributed by atoms with Gasteiger partial charge >= 0.3 is 0 Å². The summed E-state index contributed by atoms with van der Waals surface area (Å²) in [4.78, 5) is 4.88.